The standard InChI is InChI=1S/C19H21N5O/c1-25-17-7-4-5-15(11-17)8-10-21-18-12-19(24-14-23-18)22-13-16-6-2-3-9-20-16/h2-7,9,11-12,14H,8,10,13H2,1H3,(H2,21,22,23,24). The summed E-state index contributed by atoms with van der Waals surface area (Å²) >= 11 is 0. The van der Waals surface area contributed by atoms with E-state index < -0.39 is 0 Å². The van der Waals surface area contributed by atoms with E-state index in [1.54, 1.807) is 19.6 Å². The number of hydrogen-bond donors (Lipinski definition) is 2. The Morgan fingerprint density at radius 2 is 1.80 bits per heavy atom. The summed E-state index contributed by atoms with van der Waals surface area (Å²) < 4.78 is 5.24. The number of nitrogens with zero attached hydrogens (tertiary/aromatic N) is 3. The van der Waals surface area contributed by atoms with Crippen molar-refractivity contribution in [3.63, 3.8) is 0 Å². The van der Waals surface area contributed by atoms with Crippen molar-refractivity contribution in [2.75, 3.05) is 24.3 Å². The van der Waals surface area contributed by atoms with E-state index in [-0.39, 0.29) is 0 Å². The van der Waals surface area contributed by atoms with Gasteiger partial charge in [0.25, 0.3) is 0 Å². The molecule has 6 nitrogen and oxygen atoms in total. The van der Waals surface area contributed by atoms with Crippen LogP contribution < -0.4 is 15.4 Å². The fourth-order valence-corrected chi connectivity index (χ4v) is 2.40. The minimum Gasteiger partial charge on any atom is -0.497 e. The van der Waals surface area contributed by atoms with Crippen LogP contribution in [-0.4, -0.2) is 28.6 Å². The van der Waals surface area contributed by atoms with Gasteiger partial charge in [0.15, 0.2) is 0 Å². The summed E-state index contributed by atoms with van der Waals surface area (Å²) in [6.45, 7) is 1.41. The first kappa shape index (κ1) is 16.7. The molecule has 2 N–H and O–H groups in total. The second-order valence-corrected chi connectivity index (χ2v) is 5.49. The summed E-state index contributed by atoms with van der Waals surface area (Å²) in [5.74, 6) is 2.44. The molecule has 0 fully saturated rings. The lowest BCUT2D eigenvalue weighted by Gasteiger charge is -2.09. The Kier molecular flexibility index (Phi) is 5.77. The number of anilines is 2. The van der Waals surface area contributed by atoms with Gasteiger partial charge in [-0.15, -0.1) is 0 Å². The molecular weight excluding hydrogens is 314 g/mol. The van der Waals surface area contributed by atoms with Crippen molar-refractivity contribution in [2.45, 2.75) is 13.0 Å². The molecule has 2 aromatic heterocycles. The minimum absolute atomic E-state index is 0.626. The molecule has 25 heavy (non-hydrogen) atoms. The highest BCUT2D eigenvalue weighted by molar-refractivity contribution is 5.46. The molecule has 2 heterocycles. The molecule has 6 heteroatoms. The number of benzene rings is 1. The smallest absolute Gasteiger partial charge is 0.131 e. The molecular formula is C19H21N5O. The highest BCUT2D eigenvalue weighted by Crippen LogP contribution is 2.14. The van der Waals surface area contributed by atoms with Gasteiger partial charge in [-0.05, 0) is 36.2 Å². The summed E-state index contributed by atoms with van der Waals surface area (Å²) in [5.41, 5.74) is 2.18. The van der Waals surface area contributed by atoms with Crippen molar-refractivity contribution in [1.29, 1.82) is 0 Å². The Bertz CT molecular complexity index is 795. The minimum atomic E-state index is 0.626. The lowest BCUT2D eigenvalue weighted by Crippen LogP contribution is -2.08. The molecule has 0 radical (unpaired) electrons. The first-order valence-corrected chi connectivity index (χ1v) is 8.16. The fraction of sp³-hybridized carbons (Fsp3) is 0.211. The Morgan fingerprint density at radius 3 is 2.60 bits per heavy atom. The molecule has 0 saturated heterocycles. The van der Waals surface area contributed by atoms with Crippen molar-refractivity contribution in [3.05, 3.63) is 72.3 Å². The van der Waals surface area contributed by atoms with Crippen LogP contribution in [0.4, 0.5) is 11.6 Å². The van der Waals surface area contributed by atoms with E-state index in [0.29, 0.717) is 6.54 Å². The topological polar surface area (TPSA) is 72.0 Å². The molecule has 3 rings (SSSR count). The van der Waals surface area contributed by atoms with Gasteiger partial charge in [0, 0.05) is 18.8 Å². The fourth-order valence-electron chi connectivity index (χ4n) is 2.40. The van der Waals surface area contributed by atoms with Crippen LogP contribution >= 0.6 is 0 Å². The molecule has 0 aliphatic carbocycles. The third-order valence-electron chi connectivity index (χ3n) is 3.70. The number of pyridine rings is 1. The normalized spacial score (nSPS) is 10.3. The Labute approximate surface area is 147 Å². The van der Waals surface area contributed by atoms with Gasteiger partial charge in [0.05, 0.1) is 19.3 Å². The number of nitrogens with one attached hydrogen (secondary N) is 2. The predicted octanol–water partition coefficient (Wildman–Crippen LogP) is 3.15. The van der Waals surface area contributed by atoms with Gasteiger partial charge in [-0.2, -0.15) is 0 Å². The van der Waals surface area contributed by atoms with Gasteiger partial charge < -0.3 is 15.4 Å². The second kappa shape index (κ2) is 8.63. The average molecular weight is 335 g/mol. The van der Waals surface area contributed by atoms with Crippen molar-refractivity contribution in [1.82, 2.24) is 15.0 Å². The van der Waals surface area contributed by atoms with Crippen LogP contribution in [0.1, 0.15) is 11.3 Å². The number of aromatic nitrogens is 3. The molecule has 0 spiro atoms. The lowest BCUT2D eigenvalue weighted by molar-refractivity contribution is 0.414. The predicted molar refractivity (Wildman–Crippen MR) is 98.8 cm³/mol. The summed E-state index contributed by atoms with van der Waals surface area (Å²) in [7, 11) is 1.68. The van der Waals surface area contributed by atoms with Crippen molar-refractivity contribution in [2.24, 2.45) is 0 Å². The van der Waals surface area contributed by atoms with E-state index in [1.165, 1.54) is 5.56 Å². The zero-order valence-electron chi connectivity index (χ0n) is 14.1. The molecule has 0 saturated carbocycles. The monoisotopic (exact) mass is 335 g/mol. The Hall–Kier alpha value is -3.15. The number of rotatable bonds is 8. The van der Waals surface area contributed by atoms with Gasteiger partial charge in [-0.1, -0.05) is 18.2 Å². The summed E-state index contributed by atoms with van der Waals surface area (Å²) in [4.78, 5) is 12.8. The highest BCUT2D eigenvalue weighted by Gasteiger charge is 2.01. The Morgan fingerprint density at radius 1 is 0.920 bits per heavy atom. The molecule has 3 aromatic rings. The van der Waals surface area contributed by atoms with Crippen molar-refractivity contribution >= 4 is 11.6 Å². The quantitative estimate of drug-likeness (QED) is 0.659. The van der Waals surface area contributed by atoms with E-state index >= 15 is 0 Å². The zero-order chi connectivity index (χ0) is 17.3. The number of methoxy groups -OCH3 is 1. The van der Waals surface area contributed by atoms with Crippen LogP contribution in [-0.2, 0) is 13.0 Å². The maximum Gasteiger partial charge on any atom is 0.131 e. The molecule has 0 amide bonds. The summed E-state index contributed by atoms with van der Waals surface area (Å²) in [6, 6.07) is 15.8. The van der Waals surface area contributed by atoms with Gasteiger partial charge in [-0.3, -0.25) is 4.98 Å². The van der Waals surface area contributed by atoms with Crippen LogP contribution in [0.2, 0.25) is 0 Å². The number of hydrogen-bond acceptors (Lipinski definition) is 6. The van der Waals surface area contributed by atoms with Gasteiger partial charge in [-0.25, -0.2) is 9.97 Å². The second-order valence-electron chi connectivity index (χ2n) is 5.49. The van der Waals surface area contributed by atoms with E-state index in [9.17, 15) is 0 Å². The van der Waals surface area contributed by atoms with Crippen LogP contribution in [0.5, 0.6) is 5.75 Å². The molecule has 1 aromatic carbocycles. The van der Waals surface area contributed by atoms with E-state index in [0.717, 1.165) is 36.0 Å². The van der Waals surface area contributed by atoms with Crippen LogP contribution in [0.3, 0.4) is 0 Å². The first-order valence-electron chi connectivity index (χ1n) is 8.16. The SMILES string of the molecule is COc1cccc(CCNc2cc(NCc3ccccn3)ncn2)c1. The lowest BCUT2D eigenvalue weighted by atomic mass is 10.1. The van der Waals surface area contributed by atoms with Gasteiger partial charge >= 0.3 is 0 Å². The van der Waals surface area contributed by atoms with E-state index in [2.05, 4.69) is 31.7 Å². The van der Waals surface area contributed by atoms with Crippen molar-refractivity contribution in [3.8, 4) is 5.75 Å². The molecule has 0 atom stereocenters. The number of ether oxygens (including phenoxy) is 1. The zero-order valence-corrected chi connectivity index (χ0v) is 14.1. The van der Waals surface area contributed by atoms with Gasteiger partial charge in [0.2, 0.25) is 0 Å². The summed E-state index contributed by atoms with van der Waals surface area (Å²) in [5, 5.41) is 6.58. The van der Waals surface area contributed by atoms with Crippen LogP contribution in [0.25, 0.3) is 0 Å². The third-order valence-corrected chi connectivity index (χ3v) is 3.70. The van der Waals surface area contributed by atoms with E-state index in [4.69, 9.17) is 4.74 Å². The molecule has 0 bridgehead atoms. The average Bonchev–Trinajstić information content (AvgIpc) is 2.68. The Balaban J connectivity index is 1.51. The van der Waals surface area contributed by atoms with Crippen LogP contribution in [0.15, 0.2) is 61.1 Å². The molecule has 0 aliphatic rings. The molecule has 0 unspecified atom stereocenters. The largest absolute Gasteiger partial charge is 0.497 e. The van der Waals surface area contributed by atoms with E-state index in [1.807, 2.05) is 42.5 Å². The molecule has 0 aliphatic heterocycles. The first-order chi connectivity index (χ1) is 12.3. The maximum absolute atomic E-state index is 5.24. The third kappa shape index (κ3) is 5.17. The van der Waals surface area contributed by atoms with Gasteiger partial charge in [0.1, 0.15) is 23.7 Å². The van der Waals surface area contributed by atoms with Crippen molar-refractivity contribution < 1.29 is 4.74 Å². The summed E-state index contributed by atoms with van der Waals surface area (Å²) in [6.07, 6.45) is 4.22. The maximum atomic E-state index is 5.24. The van der Waals surface area contributed by atoms with Crippen LogP contribution in [0, 0.1) is 0 Å². The highest BCUT2D eigenvalue weighted by atomic mass is 16.5. The molecule has 128 valence electrons.